The van der Waals surface area contributed by atoms with Gasteiger partial charge in [0.15, 0.2) is 5.78 Å². The van der Waals surface area contributed by atoms with Crippen LogP contribution in [0.15, 0.2) is 63.2 Å². The van der Waals surface area contributed by atoms with E-state index in [2.05, 4.69) is 14.7 Å². The molecule has 0 unspecified atom stereocenters. The zero-order chi connectivity index (χ0) is 22.7. The van der Waals surface area contributed by atoms with Crippen LogP contribution in [0.1, 0.15) is 13.3 Å². The van der Waals surface area contributed by atoms with Crippen LogP contribution in [0.4, 0.5) is 0 Å². The Labute approximate surface area is 192 Å². The van der Waals surface area contributed by atoms with Crippen molar-refractivity contribution in [1.82, 2.24) is 14.6 Å². The maximum atomic E-state index is 12.1. The number of sulfonamides is 1. The Kier molecular flexibility index (Phi) is 6.59. The van der Waals surface area contributed by atoms with Gasteiger partial charge in [0.1, 0.15) is 17.7 Å². The van der Waals surface area contributed by atoms with Gasteiger partial charge in [0.2, 0.25) is 15.9 Å². The molecule has 168 valence electrons. The van der Waals surface area contributed by atoms with E-state index in [-0.39, 0.29) is 28.4 Å². The number of likely N-dealkylation sites (tertiary alicyclic amines) is 1. The van der Waals surface area contributed by atoms with Gasteiger partial charge in [0.05, 0.1) is 17.1 Å². The molecule has 1 fully saturated rings. The molecule has 32 heavy (non-hydrogen) atoms. The lowest BCUT2D eigenvalue weighted by Gasteiger charge is -2.22. The molecule has 1 saturated heterocycles. The third-order valence-corrected chi connectivity index (χ3v) is 7.22. The minimum atomic E-state index is -3.49. The van der Waals surface area contributed by atoms with E-state index in [9.17, 15) is 13.2 Å². The highest BCUT2D eigenvalue weighted by Crippen LogP contribution is 2.27. The first-order valence-corrected chi connectivity index (χ1v) is 12.1. The summed E-state index contributed by atoms with van der Waals surface area (Å²) in [7, 11) is -3.49. The molecule has 2 aliphatic rings. The summed E-state index contributed by atoms with van der Waals surface area (Å²) in [4.78, 5) is 22.4. The van der Waals surface area contributed by atoms with E-state index in [1.54, 1.807) is 43.6 Å². The van der Waals surface area contributed by atoms with Crippen LogP contribution in [-0.2, 0) is 14.8 Å². The highest BCUT2D eigenvalue weighted by atomic mass is 35.5. The average molecular weight is 475 g/mol. The second-order valence-corrected chi connectivity index (χ2v) is 9.62. The monoisotopic (exact) mass is 474 g/mol. The zero-order valence-electron chi connectivity index (χ0n) is 17.5. The van der Waals surface area contributed by atoms with Crippen molar-refractivity contribution in [2.24, 2.45) is 4.99 Å². The molecule has 8 nitrogen and oxygen atoms in total. The van der Waals surface area contributed by atoms with Crippen molar-refractivity contribution in [2.45, 2.75) is 24.3 Å². The van der Waals surface area contributed by atoms with Crippen molar-refractivity contribution < 1.29 is 17.9 Å². The number of benzene rings is 1. The Morgan fingerprint density at radius 3 is 2.75 bits per heavy atom. The number of hydrogen-bond donors (Lipinski definition) is 1. The smallest absolute Gasteiger partial charge is 0.240 e. The summed E-state index contributed by atoms with van der Waals surface area (Å²) in [5.74, 6) is 0.305. The van der Waals surface area contributed by atoms with Crippen molar-refractivity contribution >= 4 is 33.6 Å². The molecule has 2 aliphatic heterocycles. The molecular formula is C22H23ClN4O4S. The Morgan fingerprint density at radius 2 is 2.00 bits per heavy atom. The number of aliphatic imine (C=N–C) groups is 1. The van der Waals surface area contributed by atoms with Crippen LogP contribution in [0.5, 0.6) is 5.88 Å². The number of hydrogen-bond acceptors (Lipinski definition) is 7. The highest BCUT2D eigenvalue weighted by Gasteiger charge is 2.29. The number of ketones is 1. The van der Waals surface area contributed by atoms with E-state index < -0.39 is 10.0 Å². The third-order valence-electron chi connectivity index (χ3n) is 5.26. The second kappa shape index (κ2) is 9.40. The summed E-state index contributed by atoms with van der Waals surface area (Å²) in [5.41, 5.74) is 2.37. The molecular weight excluding hydrogens is 452 g/mol. The number of allylic oxidation sites excluding steroid dienone is 1. The Bertz CT molecular complexity index is 1180. The lowest BCUT2D eigenvalue weighted by molar-refractivity contribution is -0.113. The van der Waals surface area contributed by atoms with Crippen molar-refractivity contribution in [2.75, 3.05) is 26.2 Å². The highest BCUT2D eigenvalue weighted by molar-refractivity contribution is 7.89. The maximum Gasteiger partial charge on any atom is 0.240 e. The van der Waals surface area contributed by atoms with E-state index in [0.29, 0.717) is 31.2 Å². The SMILES string of the molecule is CCNS(=O)(=O)c1ccc(-c2ccnc(O[C@@H]3CCN(C4=C(Cl)C(=O)CN=C4)C3)c2)cc1. The number of halogens is 1. The summed E-state index contributed by atoms with van der Waals surface area (Å²) in [6, 6.07) is 10.3. The van der Waals surface area contributed by atoms with Gasteiger partial charge < -0.3 is 9.64 Å². The van der Waals surface area contributed by atoms with Crippen molar-refractivity contribution in [3.05, 3.63) is 53.3 Å². The fourth-order valence-corrected chi connectivity index (χ4v) is 4.94. The minimum Gasteiger partial charge on any atom is -0.472 e. The molecule has 10 heteroatoms. The quantitative estimate of drug-likeness (QED) is 0.662. The lowest BCUT2D eigenvalue weighted by Crippen LogP contribution is -2.28. The molecule has 2 aromatic rings. The molecule has 3 heterocycles. The molecule has 1 atom stereocenters. The molecule has 4 rings (SSSR count). The first-order chi connectivity index (χ1) is 15.4. The fourth-order valence-electron chi connectivity index (χ4n) is 3.67. The van der Waals surface area contributed by atoms with Crippen LogP contribution in [0.2, 0.25) is 0 Å². The summed E-state index contributed by atoms with van der Waals surface area (Å²) in [6.45, 7) is 3.45. The molecule has 0 saturated carbocycles. The van der Waals surface area contributed by atoms with Crippen LogP contribution < -0.4 is 9.46 Å². The molecule has 0 spiro atoms. The predicted molar refractivity (Wildman–Crippen MR) is 122 cm³/mol. The summed E-state index contributed by atoms with van der Waals surface area (Å²) in [5, 5.41) is 0.223. The zero-order valence-corrected chi connectivity index (χ0v) is 19.1. The number of carbonyl (C=O) groups excluding carboxylic acids is 1. The number of Topliss-reactive ketones (excluding diaryl/α,β-unsaturated/α-hetero) is 1. The second-order valence-electron chi connectivity index (χ2n) is 7.48. The van der Waals surface area contributed by atoms with E-state index in [1.807, 2.05) is 17.0 Å². The number of carbonyl (C=O) groups is 1. The Hall–Kier alpha value is -2.75. The van der Waals surface area contributed by atoms with Crippen LogP contribution in [0, 0.1) is 0 Å². The standard InChI is InChI=1S/C22H23ClN4O4S/c1-2-26-32(29,30)18-5-3-15(4-6-18)16-7-9-25-21(11-16)31-17-8-10-27(14-17)19-12-24-13-20(28)22(19)23/h3-7,9,11-12,17,26H,2,8,10,13-14H2,1H3/t17-/m1/s1. The van der Waals surface area contributed by atoms with Gasteiger partial charge in [0, 0.05) is 38.0 Å². The number of nitrogens with one attached hydrogen (secondary N) is 1. The topological polar surface area (TPSA) is 101 Å². The van der Waals surface area contributed by atoms with Crippen molar-refractivity contribution in [1.29, 1.82) is 0 Å². The average Bonchev–Trinajstić information content (AvgIpc) is 3.24. The molecule has 0 radical (unpaired) electrons. The molecule has 1 aromatic carbocycles. The third kappa shape index (κ3) is 4.85. The van der Waals surface area contributed by atoms with Crippen LogP contribution >= 0.6 is 11.6 Å². The van der Waals surface area contributed by atoms with Gasteiger partial charge >= 0.3 is 0 Å². The van der Waals surface area contributed by atoms with Gasteiger partial charge in [-0.25, -0.2) is 18.1 Å². The number of pyridine rings is 1. The van der Waals surface area contributed by atoms with E-state index in [4.69, 9.17) is 16.3 Å². The van der Waals surface area contributed by atoms with Crippen molar-refractivity contribution in [3.63, 3.8) is 0 Å². The van der Waals surface area contributed by atoms with E-state index >= 15 is 0 Å². The van der Waals surface area contributed by atoms with Gasteiger partial charge in [-0.15, -0.1) is 0 Å². The lowest BCUT2D eigenvalue weighted by atomic mass is 10.1. The summed E-state index contributed by atoms with van der Waals surface area (Å²) >= 11 is 6.17. The largest absolute Gasteiger partial charge is 0.472 e. The van der Waals surface area contributed by atoms with Crippen LogP contribution in [0.25, 0.3) is 11.1 Å². The molecule has 1 aromatic heterocycles. The summed E-state index contributed by atoms with van der Waals surface area (Å²) < 4.78 is 32.8. The predicted octanol–water partition coefficient (Wildman–Crippen LogP) is 2.60. The number of dihydropyridines is 1. The van der Waals surface area contributed by atoms with Crippen molar-refractivity contribution in [3.8, 4) is 17.0 Å². The van der Waals surface area contributed by atoms with Gasteiger partial charge in [0.25, 0.3) is 0 Å². The van der Waals surface area contributed by atoms with Gasteiger partial charge in [-0.3, -0.25) is 9.79 Å². The summed E-state index contributed by atoms with van der Waals surface area (Å²) in [6.07, 6.45) is 3.96. The van der Waals surface area contributed by atoms with Crippen LogP contribution in [0.3, 0.4) is 0 Å². The minimum absolute atomic E-state index is 0.0921. The van der Waals surface area contributed by atoms with Gasteiger partial charge in [-0.1, -0.05) is 30.7 Å². The molecule has 1 N–H and O–H groups in total. The first kappa shape index (κ1) is 22.4. The number of rotatable bonds is 7. The van der Waals surface area contributed by atoms with Gasteiger partial charge in [-0.05, 0) is 29.3 Å². The number of ether oxygens (including phenoxy) is 1. The van der Waals surface area contributed by atoms with Crippen LogP contribution in [-0.4, -0.2) is 62.6 Å². The van der Waals surface area contributed by atoms with E-state index in [0.717, 1.165) is 17.5 Å². The number of nitrogens with zero attached hydrogens (tertiary/aromatic N) is 3. The molecule has 0 aliphatic carbocycles. The Balaban J connectivity index is 1.45. The molecule has 0 bridgehead atoms. The molecule has 0 amide bonds. The maximum absolute atomic E-state index is 12.1. The fraction of sp³-hybridized carbons (Fsp3) is 0.318. The number of aromatic nitrogens is 1. The normalized spacial score (nSPS) is 19.0. The van der Waals surface area contributed by atoms with Gasteiger partial charge in [-0.2, -0.15) is 0 Å². The Morgan fingerprint density at radius 1 is 1.22 bits per heavy atom. The van der Waals surface area contributed by atoms with E-state index in [1.165, 1.54) is 0 Å². The first-order valence-electron chi connectivity index (χ1n) is 10.3.